The zero-order valence-electron chi connectivity index (χ0n) is 12.9. The summed E-state index contributed by atoms with van der Waals surface area (Å²) in [5.74, 6) is 0. The summed E-state index contributed by atoms with van der Waals surface area (Å²) in [6, 6.07) is 14.0. The summed E-state index contributed by atoms with van der Waals surface area (Å²) >= 11 is 0. The first-order valence-electron chi connectivity index (χ1n) is 7.56. The van der Waals surface area contributed by atoms with Gasteiger partial charge in [0.05, 0.1) is 11.8 Å². The van der Waals surface area contributed by atoms with E-state index < -0.39 is 6.10 Å². The Morgan fingerprint density at radius 3 is 2.57 bits per heavy atom. The lowest BCUT2D eigenvalue weighted by atomic mass is 10.0. The third-order valence-corrected chi connectivity index (χ3v) is 3.83. The van der Waals surface area contributed by atoms with Crippen molar-refractivity contribution in [2.75, 3.05) is 13.1 Å². The molecule has 2 aromatic rings. The number of benzene rings is 1. The second kappa shape index (κ2) is 7.91. The minimum absolute atomic E-state index is 0.399. The predicted octanol–water partition coefficient (Wildman–Crippen LogP) is 3.34. The van der Waals surface area contributed by atoms with E-state index in [0.717, 1.165) is 42.9 Å². The number of nitrogens with zero attached hydrogens (tertiary/aromatic N) is 2. The van der Waals surface area contributed by atoms with Crippen LogP contribution in [-0.4, -0.2) is 28.1 Å². The molecule has 0 spiro atoms. The molecular formula is C18H24N2O. The number of hydrogen-bond donors (Lipinski definition) is 1. The first kappa shape index (κ1) is 15.7. The highest BCUT2D eigenvalue weighted by Gasteiger charge is 2.12. The van der Waals surface area contributed by atoms with Gasteiger partial charge in [-0.15, -0.1) is 0 Å². The molecule has 1 aromatic heterocycles. The van der Waals surface area contributed by atoms with Crippen molar-refractivity contribution in [3.8, 4) is 0 Å². The van der Waals surface area contributed by atoms with Gasteiger partial charge in [-0.25, -0.2) is 0 Å². The van der Waals surface area contributed by atoms with Crippen LogP contribution in [0.15, 0.2) is 48.7 Å². The number of aliphatic hydroxyl groups excluding tert-OH is 1. The van der Waals surface area contributed by atoms with Crippen LogP contribution in [0.5, 0.6) is 0 Å². The molecule has 0 aliphatic carbocycles. The summed E-state index contributed by atoms with van der Waals surface area (Å²) in [5.41, 5.74) is 3.26. The van der Waals surface area contributed by atoms with Crippen LogP contribution in [0.25, 0.3) is 0 Å². The average Bonchev–Trinajstić information content (AvgIpc) is 2.52. The number of rotatable bonds is 7. The predicted molar refractivity (Wildman–Crippen MR) is 85.9 cm³/mol. The lowest BCUT2D eigenvalue weighted by molar-refractivity contribution is 0.140. The normalized spacial score (nSPS) is 12.6. The third-order valence-electron chi connectivity index (χ3n) is 3.83. The fourth-order valence-corrected chi connectivity index (χ4v) is 2.49. The van der Waals surface area contributed by atoms with E-state index >= 15 is 0 Å². The van der Waals surface area contributed by atoms with Gasteiger partial charge in [0, 0.05) is 19.3 Å². The Labute approximate surface area is 127 Å². The Morgan fingerprint density at radius 2 is 1.90 bits per heavy atom. The van der Waals surface area contributed by atoms with Gasteiger partial charge in [0.25, 0.3) is 0 Å². The molecule has 0 aliphatic rings. The largest absolute Gasteiger partial charge is 0.388 e. The van der Waals surface area contributed by atoms with Crippen molar-refractivity contribution in [3.63, 3.8) is 0 Å². The Hall–Kier alpha value is -1.71. The molecule has 3 heteroatoms. The molecule has 112 valence electrons. The maximum atomic E-state index is 10.4. The first-order valence-corrected chi connectivity index (χ1v) is 7.56. The SMILES string of the molecule is CCN(CCC(O)c1ccccc1C)Cc1ccccn1. The molecule has 3 nitrogen and oxygen atoms in total. The van der Waals surface area contributed by atoms with E-state index in [2.05, 4.69) is 16.8 Å². The Balaban J connectivity index is 1.90. The van der Waals surface area contributed by atoms with Crippen LogP contribution in [-0.2, 0) is 6.54 Å². The molecule has 0 saturated carbocycles. The maximum Gasteiger partial charge on any atom is 0.0804 e. The molecule has 0 aliphatic heterocycles. The molecule has 0 radical (unpaired) electrons. The minimum atomic E-state index is -0.399. The lowest BCUT2D eigenvalue weighted by Crippen LogP contribution is -2.25. The number of aliphatic hydroxyl groups is 1. The number of aryl methyl sites for hydroxylation is 1. The zero-order chi connectivity index (χ0) is 15.1. The van der Waals surface area contributed by atoms with Crippen molar-refractivity contribution < 1.29 is 5.11 Å². The molecule has 0 fully saturated rings. The van der Waals surface area contributed by atoms with Gasteiger partial charge in [-0.1, -0.05) is 37.3 Å². The molecular weight excluding hydrogens is 260 g/mol. The van der Waals surface area contributed by atoms with Gasteiger partial charge in [-0.2, -0.15) is 0 Å². The van der Waals surface area contributed by atoms with Crippen LogP contribution in [0, 0.1) is 6.92 Å². The number of aromatic nitrogens is 1. The van der Waals surface area contributed by atoms with Crippen LogP contribution < -0.4 is 0 Å². The fraction of sp³-hybridized carbons (Fsp3) is 0.389. The van der Waals surface area contributed by atoms with Gasteiger partial charge in [0.2, 0.25) is 0 Å². The van der Waals surface area contributed by atoms with Crippen LogP contribution in [0.4, 0.5) is 0 Å². The summed E-state index contributed by atoms with van der Waals surface area (Å²) in [7, 11) is 0. The Morgan fingerprint density at radius 1 is 1.14 bits per heavy atom. The summed E-state index contributed by atoms with van der Waals surface area (Å²) in [4.78, 5) is 6.67. The van der Waals surface area contributed by atoms with E-state index in [1.54, 1.807) is 0 Å². The topological polar surface area (TPSA) is 36.4 Å². The monoisotopic (exact) mass is 284 g/mol. The van der Waals surface area contributed by atoms with E-state index in [0.29, 0.717) is 0 Å². The molecule has 0 bridgehead atoms. The molecule has 2 rings (SSSR count). The van der Waals surface area contributed by atoms with Crippen LogP contribution in [0.1, 0.15) is 36.3 Å². The minimum Gasteiger partial charge on any atom is -0.388 e. The lowest BCUT2D eigenvalue weighted by Gasteiger charge is -2.22. The summed E-state index contributed by atoms with van der Waals surface area (Å²) < 4.78 is 0. The highest BCUT2D eigenvalue weighted by atomic mass is 16.3. The Kier molecular flexibility index (Phi) is 5.90. The van der Waals surface area contributed by atoms with Crippen LogP contribution >= 0.6 is 0 Å². The first-order chi connectivity index (χ1) is 10.2. The molecule has 1 atom stereocenters. The second-order valence-electron chi connectivity index (χ2n) is 5.35. The van der Waals surface area contributed by atoms with E-state index in [-0.39, 0.29) is 0 Å². The molecule has 1 heterocycles. The van der Waals surface area contributed by atoms with Crippen molar-refractivity contribution in [1.82, 2.24) is 9.88 Å². The smallest absolute Gasteiger partial charge is 0.0804 e. The summed E-state index contributed by atoms with van der Waals surface area (Å²) in [6.07, 6.45) is 2.17. The van der Waals surface area contributed by atoms with Gasteiger partial charge in [0.1, 0.15) is 0 Å². The molecule has 1 unspecified atom stereocenters. The van der Waals surface area contributed by atoms with Crippen molar-refractivity contribution in [3.05, 3.63) is 65.5 Å². The van der Waals surface area contributed by atoms with Gasteiger partial charge < -0.3 is 5.11 Å². The second-order valence-corrected chi connectivity index (χ2v) is 5.35. The number of pyridine rings is 1. The maximum absolute atomic E-state index is 10.4. The van der Waals surface area contributed by atoms with Gasteiger partial charge >= 0.3 is 0 Å². The van der Waals surface area contributed by atoms with Gasteiger partial charge in [-0.05, 0) is 43.1 Å². The zero-order valence-corrected chi connectivity index (χ0v) is 12.9. The van der Waals surface area contributed by atoms with Crippen molar-refractivity contribution in [1.29, 1.82) is 0 Å². The van der Waals surface area contributed by atoms with Gasteiger partial charge in [-0.3, -0.25) is 9.88 Å². The van der Waals surface area contributed by atoms with Crippen molar-refractivity contribution in [2.45, 2.75) is 32.9 Å². The average molecular weight is 284 g/mol. The standard InChI is InChI=1S/C18H24N2O/c1-3-20(14-16-9-6-7-12-19-16)13-11-18(21)17-10-5-4-8-15(17)2/h4-10,12,18,21H,3,11,13-14H2,1-2H3. The third kappa shape index (κ3) is 4.66. The summed E-state index contributed by atoms with van der Waals surface area (Å²) in [5, 5.41) is 10.4. The fourth-order valence-electron chi connectivity index (χ4n) is 2.49. The highest BCUT2D eigenvalue weighted by Crippen LogP contribution is 2.20. The quantitative estimate of drug-likeness (QED) is 0.847. The molecule has 0 saturated heterocycles. The Bertz CT molecular complexity index is 542. The van der Waals surface area contributed by atoms with Crippen molar-refractivity contribution >= 4 is 0 Å². The van der Waals surface area contributed by atoms with E-state index in [1.807, 2.05) is 55.6 Å². The van der Waals surface area contributed by atoms with Gasteiger partial charge in [0.15, 0.2) is 0 Å². The molecule has 0 amide bonds. The number of hydrogen-bond acceptors (Lipinski definition) is 3. The highest BCUT2D eigenvalue weighted by molar-refractivity contribution is 5.27. The van der Waals surface area contributed by atoms with Crippen LogP contribution in [0.3, 0.4) is 0 Å². The van der Waals surface area contributed by atoms with E-state index in [9.17, 15) is 5.11 Å². The van der Waals surface area contributed by atoms with E-state index in [1.165, 1.54) is 0 Å². The van der Waals surface area contributed by atoms with Crippen molar-refractivity contribution in [2.24, 2.45) is 0 Å². The molecule has 1 N–H and O–H groups in total. The molecule has 21 heavy (non-hydrogen) atoms. The summed E-state index contributed by atoms with van der Waals surface area (Å²) in [6.45, 7) is 6.84. The van der Waals surface area contributed by atoms with Crippen LogP contribution in [0.2, 0.25) is 0 Å². The van der Waals surface area contributed by atoms with E-state index in [4.69, 9.17) is 0 Å². The molecule has 1 aromatic carbocycles.